The van der Waals surface area contributed by atoms with Gasteiger partial charge in [0.05, 0.1) is 10.9 Å². The summed E-state index contributed by atoms with van der Waals surface area (Å²) in [5.41, 5.74) is 1.31. The number of anilines is 1. The largest absolute Gasteiger partial charge is 0.345 e. The van der Waals surface area contributed by atoms with E-state index in [2.05, 4.69) is 5.32 Å². The van der Waals surface area contributed by atoms with Crippen molar-refractivity contribution in [2.45, 2.75) is 17.1 Å². The quantitative estimate of drug-likeness (QED) is 0.827. The first-order chi connectivity index (χ1) is 7.99. The zero-order chi connectivity index (χ0) is 12.6. The minimum atomic E-state index is -0.0853. The first-order valence-electron chi connectivity index (χ1n) is 5.32. The Kier molecular flexibility index (Phi) is 3.11. The molecule has 5 heteroatoms. The maximum absolute atomic E-state index is 11.8. The SMILES string of the molecule is C[C@H]1Sc2ccc(C(=O)N(C)C)cc2NC1=O. The highest BCUT2D eigenvalue weighted by atomic mass is 32.2. The van der Waals surface area contributed by atoms with Gasteiger partial charge in [-0.05, 0) is 25.1 Å². The Morgan fingerprint density at radius 1 is 1.41 bits per heavy atom. The molecule has 1 aromatic carbocycles. The van der Waals surface area contributed by atoms with E-state index < -0.39 is 0 Å². The molecule has 0 radical (unpaired) electrons. The molecule has 2 rings (SSSR count). The van der Waals surface area contributed by atoms with Gasteiger partial charge in [0.15, 0.2) is 0 Å². The summed E-state index contributed by atoms with van der Waals surface area (Å²) in [5, 5.41) is 2.73. The standard InChI is InChI=1S/C12H14N2O2S/c1-7-11(15)13-9-6-8(12(16)14(2)3)4-5-10(9)17-7/h4-7H,1-3H3,(H,13,15)/t7-/m1/s1. The van der Waals surface area contributed by atoms with Gasteiger partial charge in [-0.3, -0.25) is 9.59 Å². The van der Waals surface area contributed by atoms with Crippen molar-refractivity contribution in [3.05, 3.63) is 23.8 Å². The van der Waals surface area contributed by atoms with Crippen molar-refractivity contribution in [3.63, 3.8) is 0 Å². The van der Waals surface area contributed by atoms with Crippen molar-refractivity contribution in [2.24, 2.45) is 0 Å². The third-order valence-electron chi connectivity index (χ3n) is 2.56. The van der Waals surface area contributed by atoms with Crippen LogP contribution >= 0.6 is 11.8 Å². The van der Waals surface area contributed by atoms with Gasteiger partial charge in [0.2, 0.25) is 5.91 Å². The molecule has 1 heterocycles. The number of amides is 2. The predicted octanol–water partition coefficient (Wildman–Crippen LogP) is 1.82. The number of rotatable bonds is 1. The van der Waals surface area contributed by atoms with Crippen LogP contribution in [-0.2, 0) is 4.79 Å². The van der Waals surface area contributed by atoms with E-state index in [1.165, 1.54) is 16.7 Å². The molecule has 0 unspecified atom stereocenters. The fraction of sp³-hybridized carbons (Fsp3) is 0.333. The molecule has 0 aliphatic carbocycles. The highest BCUT2D eigenvalue weighted by Crippen LogP contribution is 2.35. The van der Waals surface area contributed by atoms with E-state index in [0.29, 0.717) is 5.56 Å². The van der Waals surface area contributed by atoms with Crippen molar-refractivity contribution < 1.29 is 9.59 Å². The van der Waals surface area contributed by atoms with E-state index in [9.17, 15) is 9.59 Å². The summed E-state index contributed by atoms with van der Waals surface area (Å²) in [7, 11) is 3.41. The topological polar surface area (TPSA) is 49.4 Å². The molecule has 0 saturated heterocycles. The second-order valence-corrected chi connectivity index (χ2v) is 5.54. The lowest BCUT2D eigenvalue weighted by atomic mass is 10.1. The molecule has 1 atom stereocenters. The number of nitrogens with zero attached hydrogens (tertiary/aromatic N) is 1. The van der Waals surface area contributed by atoms with E-state index in [-0.39, 0.29) is 17.1 Å². The smallest absolute Gasteiger partial charge is 0.253 e. The van der Waals surface area contributed by atoms with Gasteiger partial charge in [-0.1, -0.05) is 0 Å². The molecule has 1 aliphatic rings. The van der Waals surface area contributed by atoms with Crippen LogP contribution in [0.4, 0.5) is 5.69 Å². The zero-order valence-electron chi connectivity index (χ0n) is 9.98. The summed E-state index contributed by atoms with van der Waals surface area (Å²) in [4.78, 5) is 25.8. The number of nitrogens with one attached hydrogen (secondary N) is 1. The summed E-state index contributed by atoms with van der Waals surface area (Å²) in [6.45, 7) is 1.86. The van der Waals surface area contributed by atoms with E-state index in [1.807, 2.05) is 13.0 Å². The van der Waals surface area contributed by atoms with Gasteiger partial charge >= 0.3 is 0 Å². The van der Waals surface area contributed by atoms with Crippen LogP contribution < -0.4 is 5.32 Å². The Morgan fingerprint density at radius 2 is 2.12 bits per heavy atom. The van der Waals surface area contributed by atoms with Gasteiger partial charge in [-0.2, -0.15) is 0 Å². The van der Waals surface area contributed by atoms with E-state index >= 15 is 0 Å². The van der Waals surface area contributed by atoms with Crippen LogP contribution in [0.3, 0.4) is 0 Å². The summed E-state index contributed by atoms with van der Waals surface area (Å²) >= 11 is 1.51. The first-order valence-corrected chi connectivity index (χ1v) is 6.20. The van der Waals surface area contributed by atoms with Crippen LogP contribution in [-0.4, -0.2) is 36.1 Å². The maximum Gasteiger partial charge on any atom is 0.253 e. The molecule has 0 bridgehead atoms. The minimum Gasteiger partial charge on any atom is -0.345 e. The van der Waals surface area contributed by atoms with Gasteiger partial charge in [0, 0.05) is 24.6 Å². The predicted molar refractivity (Wildman–Crippen MR) is 68.4 cm³/mol. The molecule has 0 spiro atoms. The fourth-order valence-electron chi connectivity index (χ4n) is 1.60. The van der Waals surface area contributed by atoms with Gasteiger partial charge < -0.3 is 10.2 Å². The van der Waals surface area contributed by atoms with Crippen LogP contribution in [0, 0.1) is 0 Å². The van der Waals surface area contributed by atoms with Gasteiger partial charge in [0.1, 0.15) is 0 Å². The highest BCUT2D eigenvalue weighted by Gasteiger charge is 2.23. The van der Waals surface area contributed by atoms with Crippen molar-refractivity contribution in [1.29, 1.82) is 0 Å². The van der Waals surface area contributed by atoms with Gasteiger partial charge in [-0.15, -0.1) is 11.8 Å². The highest BCUT2D eigenvalue weighted by molar-refractivity contribution is 8.00. The van der Waals surface area contributed by atoms with Crippen LogP contribution in [0.5, 0.6) is 0 Å². The van der Waals surface area contributed by atoms with Gasteiger partial charge in [0.25, 0.3) is 5.91 Å². The van der Waals surface area contributed by atoms with Crippen molar-refractivity contribution in [2.75, 3.05) is 19.4 Å². The lowest BCUT2D eigenvalue weighted by Gasteiger charge is -2.22. The molecule has 1 aromatic rings. The third-order valence-corrected chi connectivity index (χ3v) is 3.74. The average Bonchev–Trinajstić information content (AvgIpc) is 2.29. The monoisotopic (exact) mass is 250 g/mol. The Morgan fingerprint density at radius 3 is 2.76 bits per heavy atom. The third kappa shape index (κ3) is 2.29. The Bertz CT molecular complexity index is 485. The number of carbonyl (C=O) groups excluding carboxylic acids is 2. The summed E-state index contributed by atoms with van der Waals surface area (Å²) < 4.78 is 0. The molecule has 0 aromatic heterocycles. The molecule has 2 amide bonds. The van der Waals surface area contributed by atoms with Crippen LogP contribution in [0.2, 0.25) is 0 Å². The molecular weight excluding hydrogens is 236 g/mol. The van der Waals surface area contributed by atoms with E-state index in [1.54, 1.807) is 26.2 Å². The fourth-order valence-corrected chi connectivity index (χ4v) is 2.53. The number of thioether (sulfide) groups is 1. The Labute approximate surface area is 104 Å². The molecule has 0 fully saturated rings. The summed E-state index contributed by atoms with van der Waals surface area (Å²) in [6.07, 6.45) is 0. The lowest BCUT2D eigenvalue weighted by molar-refractivity contribution is -0.115. The van der Waals surface area contributed by atoms with Crippen molar-refractivity contribution in [1.82, 2.24) is 4.90 Å². The average molecular weight is 250 g/mol. The van der Waals surface area contributed by atoms with Crippen molar-refractivity contribution in [3.8, 4) is 0 Å². The molecule has 0 saturated carbocycles. The first kappa shape index (κ1) is 12.0. The zero-order valence-corrected chi connectivity index (χ0v) is 10.8. The lowest BCUT2D eigenvalue weighted by Crippen LogP contribution is -2.27. The second kappa shape index (κ2) is 4.41. The minimum absolute atomic E-state index is 0.0167. The van der Waals surface area contributed by atoms with E-state index in [4.69, 9.17) is 0 Å². The van der Waals surface area contributed by atoms with Crippen molar-refractivity contribution >= 4 is 29.3 Å². The number of benzene rings is 1. The summed E-state index contributed by atoms with van der Waals surface area (Å²) in [6, 6.07) is 5.40. The molecule has 4 nitrogen and oxygen atoms in total. The molecule has 1 aliphatic heterocycles. The number of fused-ring (bicyclic) bond motifs is 1. The van der Waals surface area contributed by atoms with E-state index in [0.717, 1.165) is 10.6 Å². The van der Waals surface area contributed by atoms with Crippen LogP contribution in [0.25, 0.3) is 0 Å². The number of hydrogen-bond acceptors (Lipinski definition) is 3. The summed E-state index contributed by atoms with van der Waals surface area (Å²) in [5.74, 6) is -0.0809. The number of hydrogen-bond donors (Lipinski definition) is 1. The van der Waals surface area contributed by atoms with Gasteiger partial charge in [-0.25, -0.2) is 0 Å². The Balaban J connectivity index is 2.35. The molecule has 1 N–H and O–H groups in total. The molecule has 90 valence electrons. The Hall–Kier alpha value is -1.49. The van der Waals surface area contributed by atoms with Crippen LogP contribution in [0.1, 0.15) is 17.3 Å². The molecule has 17 heavy (non-hydrogen) atoms. The normalized spacial score (nSPS) is 18.3. The molecular formula is C12H14N2O2S. The van der Waals surface area contributed by atoms with Crippen LogP contribution in [0.15, 0.2) is 23.1 Å². The second-order valence-electron chi connectivity index (χ2n) is 4.16. The number of carbonyl (C=O) groups is 2. The maximum atomic E-state index is 11.8.